The van der Waals surface area contributed by atoms with Crippen molar-refractivity contribution in [3.63, 3.8) is 0 Å². The third kappa shape index (κ3) is 11.0. The summed E-state index contributed by atoms with van der Waals surface area (Å²) in [5, 5.41) is 13.2. The number of hydrogen-bond acceptors (Lipinski definition) is 9. The lowest BCUT2D eigenvalue weighted by atomic mass is 10.1. The summed E-state index contributed by atoms with van der Waals surface area (Å²) in [5.74, 6) is 2.89. The Labute approximate surface area is 194 Å². The highest BCUT2D eigenvalue weighted by molar-refractivity contribution is 7.03. The summed E-state index contributed by atoms with van der Waals surface area (Å²) in [4.78, 5) is 3.95. The van der Waals surface area contributed by atoms with Crippen LogP contribution in [0.4, 0.5) is 0 Å². The molecule has 0 aliphatic rings. The van der Waals surface area contributed by atoms with E-state index >= 15 is 0 Å². The lowest BCUT2D eigenvalue weighted by Crippen LogP contribution is -1.85. The summed E-state index contributed by atoms with van der Waals surface area (Å²) >= 11 is 1.41. The standard InChI is InChI=1S/3C6H9NO.C5H8N2S/c1-5(2)6-3-8-4-7-6;1-5(2)6-3-4-8-7-6;1-5(2)6-3-4-7-8-6;1-4(2)5-3-8-7-6-5/h3*3-5H,1-2H3;3-4H,1-2H3. The van der Waals surface area contributed by atoms with E-state index in [0.29, 0.717) is 23.7 Å². The van der Waals surface area contributed by atoms with Gasteiger partial charge in [0, 0.05) is 23.4 Å². The molecule has 0 bridgehead atoms. The monoisotopic (exact) mass is 461 g/mol. The smallest absolute Gasteiger partial charge is 0.180 e. The number of nitrogens with zero attached hydrogens (tertiary/aromatic N) is 5. The van der Waals surface area contributed by atoms with Crippen LogP contribution in [0.1, 0.15) is 102 Å². The molecular weight excluding hydrogens is 426 g/mol. The fraction of sp³-hybridized carbons (Fsp3) is 0.522. The zero-order valence-electron chi connectivity index (χ0n) is 20.2. The van der Waals surface area contributed by atoms with E-state index in [1.54, 1.807) is 18.7 Å². The van der Waals surface area contributed by atoms with Gasteiger partial charge in [0.2, 0.25) is 0 Å². The fourth-order valence-corrected chi connectivity index (χ4v) is 2.59. The van der Waals surface area contributed by atoms with Crippen LogP contribution in [0.3, 0.4) is 0 Å². The summed E-state index contributed by atoms with van der Waals surface area (Å²) in [6.07, 6.45) is 6.38. The maximum atomic E-state index is 4.84. The highest BCUT2D eigenvalue weighted by atomic mass is 32.1. The minimum atomic E-state index is 0.456. The van der Waals surface area contributed by atoms with Gasteiger partial charge in [0.25, 0.3) is 0 Å². The van der Waals surface area contributed by atoms with Crippen molar-refractivity contribution < 1.29 is 13.5 Å². The minimum Gasteiger partial charge on any atom is -0.451 e. The van der Waals surface area contributed by atoms with E-state index in [0.717, 1.165) is 22.8 Å². The first-order chi connectivity index (χ1) is 15.2. The number of aromatic nitrogens is 5. The van der Waals surface area contributed by atoms with Gasteiger partial charge in [0.1, 0.15) is 18.3 Å². The highest BCUT2D eigenvalue weighted by Crippen LogP contribution is 2.12. The fourth-order valence-electron chi connectivity index (χ4n) is 1.97. The Kier molecular flexibility index (Phi) is 12.8. The molecule has 4 rings (SSSR count). The Bertz CT molecular complexity index is 733. The van der Waals surface area contributed by atoms with Gasteiger partial charge in [0.15, 0.2) is 6.39 Å². The molecule has 0 radical (unpaired) electrons. The lowest BCUT2D eigenvalue weighted by Gasteiger charge is -1.92. The van der Waals surface area contributed by atoms with Gasteiger partial charge in [0.05, 0.1) is 23.3 Å². The van der Waals surface area contributed by atoms with E-state index in [2.05, 4.69) is 84.8 Å². The van der Waals surface area contributed by atoms with Crippen molar-refractivity contribution in [1.82, 2.24) is 24.9 Å². The summed E-state index contributed by atoms with van der Waals surface area (Å²) in [6.45, 7) is 16.7. The van der Waals surface area contributed by atoms with Gasteiger partial charge in [-0.1, -0.05) is 70.2 Å². The van der Waals surface area contributed by atoms with Gasteiger partial charge in [-0.2, -0.15) is 0 Å². The SMILES string of the molecule is CC(C)c1ccno1.CC(C)c1ccon1.CC(C)c1cocn1.CC(C)c1csnn1. The molecule has 0 aromatic carbocycles. The molecule has 0 amide bonds. The third-order valence-corrected chi connectivity index (χ3v) is 4.61. The summed E-state index contributed by atoms with van der Waals surface area (Å²) in [6, 6.07) is 3.76. The molecule has 0 unspecified atom stereocenters. The number of hydrogen-bond donors (Lipinski definition) is 0. The molecule has 176 valence electrons. The average Bonchev–Trinajstić information content (AvgIpc) is 3.56. The van der Waals surface area contributed by atoms with Crippen LogP contribution < -0.4 is 0 Å². The van der Waals surface area contributed by atoms with Crippen molar-refractivity contribution in [2.75, 3.05) is 0 Å². The molecule has 8 nitrogen and oxygen atoms in total. The highest BCUT2D eigenvalue weighted by Gasteiger charge is 2.01. The summed E-state index contributed by atoms with van der Waals surface area (Å²) < 4.78 is 18.0. The molecule has 4 aromatic heterocycles. The Balaban J connectivity index is 0.000000213. The lowest BCUT2D eigenvalue weighted by molar-refractivity contribution is 0.371. The van der Waals surface area contributed by atoms with Crippen LogP contribution in [0, 0.1) is 0 Å². The molecule has 0 aliphatic carbocycles. The maximum Gasteiger partial charge on any atom is 0.180 e. The van der Waals surface area contributed by atoms with Crippen LogP contribution in [0.25, 0.3) is 0 Å². The molecule has 9 heteroatoms. The van der Waals surface area contributed by atoms with Crippen LogP contribution in [0.2, 0.25) is 0 Å². The molecule has 4 heterocycles. The average molecular weight is 462 g/mol. The van der Waals surface area contributed by atoms with Crippen molar-refractivity contribution in [3.05, 3.63) is 65.5 Å². The molecule has 0 atom stereocenters. The summed E-state index contributed by atoms with van der Waals surface area (Å²) in [7, 11) is 0. The van der Waals surface area contributed by atoms with Gasteiger partial charge in [-0.15, -0.1) is 5.10 Å². The van der Waals surface area contributed by atoms with E-state index in [-0.39, 0.29) is 0 Å². The van der Waals surface area contributed by atoms with Crippen molar-refractivity contribution in [2.45, 2.75) is 79.1 Å². The molecular formula is C23H35N5O3S. The van der Waals surface area contributed by atoms with E-state index in [4.69, 9.17) is 8.94 Å². The largest absolute Gasteiger partial charge is 0.451 e. The zero-order chi connectivity index (χ0) is 23.9. The van der Waals surface area contributed by atoms with Crippen LogP contribution >= 0.6 is 11.5 Å². The first-order valence-electron chi connectivity index (χ1n) is 10.7. The third-order valence-electron chi connectivity index (χ3n) is 4.09. The van der Waals surface area contributed by atoms with Crippen molar-refractivity contribution in [1.29, 1.82) is 0 Å². The number of oxazole rings is 1. The molecule has 4 aromatic rings. The van der Waals surface area contributed by atoms with Crippen LogP contribution in [-0.4, -0.2) is 24.9 Å². The second-order valence-corrected chi connectivity index (χ2v) is 8.81. The van der Waals surface area contributed by atoms with Crippen molar-refractivity contribution in [3.8, 4) is 0 Å². The molecule has 0 saturated heterocycles. The van der Waals surface area contributed by atoms with Crippen LogP contribution in [0.5, 0.6) is 0 Å². The predicted molar refractivity (Wildman–Crippen MR) is 126 cm³/mol. The van der Waals surface area contributed by atoms with E-state index in [9.17, 15) is 0 Å². The van der Waals surface area contributed by atoms with E-state index in [1.165, 1.54) is 17.9 Å². The van der Waals surface area contributed by atoms with E-state index < -0.39 is 0 Å². The van der Waals surface area contributed by atoms with Crippen molar-refractivity contribution >= 4 is 11.5 Å². The van der Waals surface area contributed by atoms with E-state index in [1.807, 2.05) is 17.5 Å². The second kappa shape index (κ2) is 15.1. The first-order valence-corrected chi connectivity index (χ1v) is 11.5. The molecule has 0 N–H and O–H groups in total. The van der Waals surface area contributed by atoms with Crippen LogP contribution in [-0.2, 0) is 0 Å². The molecule has 0 fully saturated rings. The van der Waals surface area contributed by atoms with Gasteiger partial charge in [-0.25, -0.2) is 4.98 Å². The Morgan fingerprint density at radius 2 is 1.50 bits per heavy atom. The molecule has 32 heavy (non-hydrogen) atoms. The zero-order valence-corrected chi connectivity index (χ0v) is 21.0. The second-order valence-electron chi connectivity index (χ2n) is 8.20. The quantitative estimate of drug-likeness (QED) is 0.318. The Morgan fingerprint density at radius 1 is 0.812 bits per heavy atom. The van der Waals surface area contributed by atoms with Crippen molar-refractivity contribution in [2.24, 2.45) is 0 Å². The predicted octanol–water partition coefficient (Wildman–Crippen LogP) is 7.06. The molecule has 0 spiro atoms. The normalized spacial score (nSPS) is 10.4. The molecule has 0 aliphatic heterocycles. The molecule has 0 saturated carbocycles. The van der Waals surface area contributed by atoms with Gasteiger partial charge < -0.3 is 13.5 Å². The van der Waals surface area contributed by atoms with Gasteiger partial charge >= 0.3 is 0 Å². The maximum absolute atomic E-state index is 4.84. The topological polar surface area (TPSA) is 104 Å². The van der Waals surface area contributed by atoms with Crippen LogP contribution in [0.15, 0.2) is 56.1 Å². The minimum absolute atomic E-state index is 0.456. The van der Waals surface area contributed by atoms with Gasteiger partial charge in [-0.3, -0.25) is 0 Å². The Hall–Kier alpha value is -2.81. The Morgan fingerprint density at radius 3 is 1.75 bits per heavy atom. The van der Waals surface area contributed by atoms with Gasteiger partial charge in [-0.05, 0) is 29.3 Å². The summed E-state index contributed by atoms with van der Waals surface area (Å²) in [5.41, 5.74) is 3.13. The number of rotatable bonds is 4. The first kappa shape index (κ1) is 27.2.